The van der Waals surface area contributed by atoms with Gasteiger partial charge >= 0.3 is 0 Å². The van der Waals surface area contributed by atoms with Crippen LogP contribution < -0.4 is 10.1 Å². The van der Waals surface area contributed by atoms with Crippen LogP contribution in [0.5, 0.6) is 5.75 Å². The average molecular weight is 333 g/mol. The molecule has 1 aliphatic heterocycles. The van der Waals surface area contributed by atoms with Crippen LogP contribution in [0.2, 0.25) is 0 Å². The Balaban J connectivity index is 1.61. The fraction of sp³-hybridized carbons (Fsp3) is 0.200. The van der Waals surface area contributed by atoms with Crippen molar-refractivity contribution in [2.24, 2.45) is 7.05 Å². The minimum atomic E-state index is -0.179. The number of nitrogens with zero attached hydrogens (tertiary/aromatic N) is 2. The van der Waals surface area contributed by atoms with Crippen molar-refractivity contribution in [2.75, 3.05) is 0 Å². The highest BCUT2D eigenvalue weighted by Crippen LogP contribution is 2.38. The van der Waals surface area contributed by atoms with Crippen molar-refractivity contribution in [1.29, 1.82) is 0 Å². The van der Waals surface area contributed by atoms with Gasteiger partial charge in [0, 0.05) is 24.7 Å². The Morgan fingerprint density at radius 1 is 1.24 bits per heavy atom. The Morgan fingerprint density at radius 3 is 2.92 bits per heavy atom. The number of nitrogens with one attached hydrogen (secondary N) is 1. The number of benzene rings is 2. The van der Waals surface area contributed by atoms with Gasteiger partial charge in [-0.25, -0.2) is 0 Å². The second-order valence-electron chi connectivity index (χ2n) is 6.26. The second kappa shape index (κ2) is 6.09. The van der Waals surface area contributed by atoms with Crippen molar-refractivity contribution in [2.45, 2.75) is 20.1 Å². The zero-order valence-corrected chi connectivity index (χ0v) is 14.2. The lowest BCUT2D eigenvalue weighted by Crippen LogP contribution is -2.25. The second-order valence-corrected chi connectivity index (χ2v) is 6.26. The first kappa shape index (κ1) is 15.4. The third kappa shape index (κ3) is 2.78. The lowest BCUT2D eigenvalue weighted by Gasteiger charge is -2.18. The molecule has 1 aromatic heterocycles. The summed E-state index contributed by atoms with van der Waals surface area (Å²) in [5.41, 5.74) is 5.42. The number of amides is 1. The van der Waals surface area contributed by atoms with Gasteiger partial charge in [-0.05, 0) is 24.6 Å². The topological polar surface area (TPSA) is 56.2 Å². The first-order valence-electron chi connectivity index (χ1n) is 8.25. The molecule has 0 radical (unpaired) electrons. The van der Waals surface area contributed by atoms with Gasteiger partial charge in [-0.3, -0.25) is 9.48 Å². The zero-order chi connectivity index (χ0) is 17.4. The summed E-state index contributed by atoms with van der Waals surface area (Å²) in [6.45, 7) is 2.87. The van der Waals surface area contributed by atoms with Crippen molar-refractivity contribution < 1.29 is 9.53 Å². The van der Waals surface area contributed by atoms with Crippen LogP contribution >= 0.6 is 0 Å². The smallest absolute Gasteiger partial charge is 0.272 e. The predicted molar refractivity (Wildman–Crippen MR) is 95.3 cm³/mol. The maximum Gasteiger partial charge on any atom is 0.272 e. The SMILES string of the molecule is Cc1cccc(CNC(=O)c2nn(C)c3c2COc2ccccc2-3)c1. The molecule has 0 saturated heterocycles. The lowest BCUT2D eigenvalue weighted by atomic mass is 10.0. The molecule has 1 N–H and O–H groups in total. The molecule has 1 aliphatic rings. The minimum Gasteiger partial charge on any atom is -0.488 e. The molecule has 2 heterocycles. The number of carbonyl (C=O) groups excluding carboxylic acids is 1. The van der Waals surface area contributed by atoms with E-state index < -0.39 is 0 Å². The molecule has 126 valence electrons. The molecule has 0 spiro atoms. The highest BCUT2D eigenvalue weighted by Gasteiger charge is 2.27. The van der Waals surface area contributed by atoms with Gasteiger partial charge < -0.3 is 10.1 Å². The molecule has 5 heteroatoms. The Bertz CT molecular complexity index is 959. The molecule has 5 nitrogen and oxygen atoms in total. The van der Waals surface area contributed by atoms with E-state index in [4.69, 9.17) is 4.74 Å². The third-order valence-electron chi connectivity index (χ3n) is 4.41. The van der Waals surface area contributed by atoms with Crippen molar-refractivity contribution in [3.63, 3.8) is 0 Å². The van der Waals surface area contributed by atoms with Gasteiger partial charge in [-0.1, -0.05) is 42.0 Å². The summed E-state index contributed by atoms with van der Waals surface area (Å²) in [5.74, 6) is 0.644. The maximum atomic E-state index is 12.7. The Labute approximate surface area is 146 Å². The number of aryl methyl sites for hydroxylation is 2. The van der Waals surface area contributed by atoms with Crippen LogP contribution in [0.1, 0.15) is 27.2 Å². The maximum absolute atomic E-state index is 12.7. The molecule has 0 saturated carbocycles. The Morgan fingerprint density at radius 2 is 2.08 bits per heavy atom. The molecule has 1 amide bonds. The number of para-hydroxylation sites is 1. The number of rotatable bonds is 3. The van der Waals surface area contributed by atoms with Crippen molar-refractivity contribution in [1.82, 2.24) is 15.1 Å². The van der Waals surface area contributed by atoms with Gasteiger partial charge in [0.2, 0.25) is 0 Å². The van der Waals surface area contributed by atoms with Gasteiger partial charge in [-0.2, -0.15) is 5.10 Å². The summed E-state index contributed by atoms with van der Waals surface area (Å²) in [7, 11) is 1.86. The summed E-state index contributed by atoms with van der Waals surface area (Å²) in [4.78, 5) is 12.7. The zero-order valence-electron chi connectivity index (χ0n) is 14.2. The fourth-order valence-corrected chi connectivity index (χ4v) is 3.25. The summed E-state index contributed by atoms with van der Waals surface area (Å²) in [6, 6.07) is 15.9. The van der Waals surface area contributed by atoms with Crippen LogP contribution in [0.3, 0.4) is 0 Å². The quantitative estimate of drug-likeness (QED) is 0.801. The summed E-state index contributed by atoms with van der Waals surface area (Å²) < 4.78 is 7.56. The Hall–Kier alpha value is -3.08. The molecular weight excluding hydrogens is 314 g/mol. The van der Waals surface area contributed by atoms with Crippen LogP contribution in [0.15, 0.2) is 48.5 Å². The molecule has 25 heavy (non-hydrogen) atoms. The molecular formula is C20H19N3O2. The summed E-state index contributed by atoms with van der Waals surface area (Å²) in [6.07, 6.45) is 0. The first-order chi connectivity index (χ1) is 12.1. The van der Waals surface area contributed by atoms with E-state index in [0.717, 1.165) is 28.1 Å². The minimum absolute atomic E-state index is 0.179. The van der Waals surface area contributed by atoms with Crippen LogP contribution in [0.25, 0.3) is 11.3 Å². The van der Waals surface area contributed by atoms with Crippen LogP contribution in [0.4, 0.5) is 0 Å². The molecule has 0 fully saturated rings. The van der Waals surface area contributed by atoms with Crippen molar-refractivity contribution in [3.8, 4) is 17.0 Å². The number of hydrogen-bond donors (Lipinski definition) is 1. The van der Waals surface area contributed by atoms with Gasteiger partial charge in [0.15, 0.2) is 5.69 Å². The van der Waals surface area contributed by atoms with Gasteiger partial charge in [0.05, 0.1) is 5.69 Å². The third-order valence-corrected chi connectivity index (χ3v) is 4.41. The van der Waals surface area contributed by atoms with E-state index in [2.05, 4.69) is 16.5 Å². The van der Waals surface area contributed by atoms with Crippen molar-refractivity contribution >= 4 is 5.91 Å². The number of ether oxygens (including phenoxy) is 1. The molecule has 0 atom stereocenters. The van der Waals surface area contributed by atoms with E-state index in [-0.39, 0.29) is 5.91 Å². The molecule has 0 aliphatic carbocycles. The average Bonchev–Trinajstić information content (AvgIpc) is 2.97. The summed E-state index contributed by atoms with van der Waals surface area (Å²) in [5, 5.41) is 7.41. The van der Waals surface area contributed by atoms with E-state index in [9.17, 15) is 4.79 Å². The lowest BCUT2D eigenvalue weighted by molar-refractivity contribution is 0.0942. The summed E-state index contributed by atoms with van der Waals surface area (Å²) >= 11 is 0. The fourth-order valence-electron chi connectivity index (χ4n) is 3.25. The van der Waals surface area contributed by atoms with Crippen molar-refractivity contribution in [3.05, 3.63) is 70.9 Å². The van der Waals surface area contributed by atoms with Crippen LogP contribution in [0, 0.1) is 6.92 Å². The van der Waals surface area contributed by atoms with Gasteiger partial charge in [0.1, 0.15) is 12.4 Å². The standard InChI is InChI=1S/C20H19N3O2/c1-13-6-5-7-14(10-13)11-21-20(24)18-16-12-25-17-9-4-3-8-15(17)19(16)23(2)22-18/h3-10H,11-12H2,1-2H3,(H,21,24). The predicted octanol–water partition coefficient (Wildman–Crippen LogP) is 3.22. The molecule has 3 aromatic rings. The van der Waals surface area contributed by atoms with E-state index in [0.29, 0.717) is 18.8 Å². The molecule has 0 unspecified atom stereocenters. The van der Waals surface area contributed by atoms with E-state index in [1.165, 1.54) is 5.56 Å². The normalized spacial score (nSPS) is 12.1. The first-order valence-corrected chi connectivity index (χ1v) is 8.25. The largest absolute Gasteiger partial charge is 0.488 e. The Kier molecular flexibility index (Phi) is 3.76. The van der Waals surface area contributed by atoms with Gasteiger partial charge in [-0.15, -0.1) is 0 Å². The highest BCUT2D eigenvalue weighted by molar-refractivity contribution is 5.96. The van der Waals surface area contributed by atoms with Crippen LogP contribution in [-0.4, -0.2) is 15.7 Å². The molecule has 4 rings (SSSR count). The van der Waals surface area contributed by atoms with Crippen LogP contribution in [-0.2, 0) is 20.2 Å². The van der Waals surface area contributed by atoms with E-state index in [1.54, 1.807) is 4.68 Å². The number of carbonyl (C=O) groups is 1. The van der Waals surface area contributed by atoms with Gasteiger partial charge in [0.25, 0.3) is 5.91 Å². The van der Waals surface area contributed by atoms with E-state index >= 15 is 0 Å². The monoisotopic (exact) mass is 333 g/mol. The number of fused-ring (bicyclic) bond motifs is 3. The van der Waals surface area contributed by atoms with E-state index in [1.807, 2.05) is 56.4 Å². The number of hydrogen-bond acceptors (Lipinski definition) is 3. The molecule has 0 bridgehead atoms. The number of aromatic nitrogens is 2. The highest BCUT2D eigenvalue weighted by atomic mass is 16.5. The molecule has 2 aromatic carbocycles.